The summed E-state index contributed by atoms with van der Waals surface area (Å²) in [5, 5.41) is 5.68. The van der Waals surface area contributed by atoms with E-state index in [9.17, 15) is 9.59 Å². The molecule has 1 aromatic rings. The molecule has 1 aromatic carbocycles. The minimum atomic E-state index is -0.160. The van der Waals surface area contributed by atoms with Crippen LogP contribution in [-0.4, -0.2) is 18.4 Å². The van der Waals surface area contributed by atoms with Crippen LogP contribution in [0.15, 0.2) is 18.2 Å². The average molecular weight is 262 g/mol. The largest absolute Gasteiger partial charge is 0.482 e. The molecule has 2 amide bonds. The number of carbonyl (C=O) groups excluding carboxylic acids is 2. The van der Waals surface area contributed by atoms with Crippen LogP contribution in [0.2, 0.25) is 0 Å². The molecule has 5 nitrogen and oxygen atoms in total. The van der Waals surface area contributed by atoms with Crippen molar-refractivity contribution in [2.75, 3.05) is 11.9 Å². The normalized spacial score (nSPS) is 14.9. The van der Waals surface area contributed by atoms with E-state index in [0.29, 0.717) is 17.9 Å². The molecule has 0 fully saturated rings. The van der Waals surface area contributed by atoms with Crippen LogP contribution in [0.25, 0.3) is 0 Å². The van der Waals surface area contributed by atoms with Gasteiger partial charge in [-0.1, -0.05) is 13.0 Å². The number of benzene rings is 1. The molecule has 0 saturated carbocycles. The Hall–Kier alpha value is -2.04. The summed E-state index contributed by atoms with van der Waals surface area (Å²) in [6, 6.07) is 5.45. The predicted molar refractivity (Wildman–Crippen MR) is 72.0 cm³/mol. The maximum absolute atomic E-state index is 11.6. The molecule has 102 valence electrons. The molecule has 2 N–H and O–H groups in total. The lowest BCUT2D eigenvalue weighted by Crippen LogP contribution is -2.27. The Morgan fingerprint density at radius 2 is 2.32 bits per heavy atom. The highest BCUT2D eigenvalue weighted by atomic mass is 16.5. The maximum Gasteiger partial charge on any atom is 0.262 e. The van der Waals surface area contributed by atoms with Gasteiger partial charge >= 0.3 is 0 Å². The lowest BCUT2D eigenvalue weighted by atomic mass is 10.1. The molecular formula is C14H18N2O3. The third-order valence-electron chi connectivity index (χ3n) is 2.99. The molecule has 0 bridgehead atoms. The minimum absolute atomic E-state index is 0.0352. The number of fused-ring (bicyclic) bond motifs is 1. The second kappa shape index (κ2) is 5.73. The Morgan fingerprint density at radius 3 is 3.05 bits per heavy atom. The van der Waals surface area contributed by atoms with E-state index in [1.165, 1.54) is 0 Å². The Labute approximate surface area is 112 Å². The maximum atomic E-state index is 11.6. The Bertz CT molecular complexity index is 499. The van der Waals surface area contributed by atoms with Gasteiger partial charge in [-0.25, -0.2) is 0 Å². The van der Waals surface area contributed by atoms with Crippen molar-refractivity contribution in [2.45, 2.75) is 32.7 Å². The molecule has 2 rings (SSSR count). The zero-order valence-corrected chi connectivity index (χ0v) is 11.2. The molecule has 0 aliphatic carbocycles. The number of amides is 2. The molecule has 0 radical (unpaired) electrons. The molecule has 0 unspecified atom stereocenters. The van der Waals surface area contributed by atoms with Crippen molar-refractivity contribution in [1.29, 1.82) is 0 Å². The Morgan fingerprint density at radius 1 is 1.53 bits per heavy atom. The first-order chi connectivity index (χ1) is 9.10. The Kier molecular flexibility index (Phi) is 4.04. The van der Waals surface area contributed by atoms with Crippen molar-refractivity contribution >= 4 is 17.5 Å². The first-order valence-corrected chi connectivity index (χ1v) is 6.46. The van der Waals surface area contributed by atoms with Gasteiger partial charge in [0.25, 0.3) is 5.91 Å². The van der Waals surface area contributed by atoms with Gasteiger partial charge in [-0.2, -0.15) is 0 Å². The van der Waals surface area contributed by atoms with Crippen LogP contribution >= 0.6 is 0 Å². The summed E-state index contributed by atoms with van der Waals surface area (Å²) in [5.41, 5.74) is 1.60. The first-order valence-electron chi connectivity index (χ1n) is 6.46. The number of hydrogen-bond donors (Lipinski definition) is 2. The molecule has 1 heterocycles. The van der Waals surface area contributed by atoms with Gasteiger partial charge in [0.1, 0.15) is 5.75 Å². The van der Waals surface area contributed by atoms with E-state index in [4.69, 9.17) is 4.74 Å². The van der Waals surface area contributed by atoms with Gasteiger partial charge in [-0.15, -0.1) is 0 Å². The van der Waals surface area contributed by atoms with Gasteiger partial charge in [0.2, 0.25) is 5.91 Å². The second-order valence-corrected chi connectivity index (χ2v) is 4.63. The summed E-state index contributed by atoms with van der Waals surface area (Å²) in [4.78, 5) is 22.8. The van der Waals surface area contributed by atoms with Crippen LogP contribution in [0.3, 0.4) is 0 Å². The zero-order valence-electron chi connectivity index (χ0n) is 11.2. The van der Waals surface area contributed by atoms with Gasteiger partial charge in [-0.05, 0) is 31.0 Å². The van der Waals surface area contributed by atoms with E-state index < -0.39 is 0 Å². The van der Waals surface area contributed by atoms with Crippen molar-refractivity contribution in [2.24, 2.45) is 0 Å². The fourth-order valence-electron chi connectivity index (χ4n) is 1.99. The van der Waals surface area contributed by atoms with E-state index in [1.54, 1.807) is 0 Å². The van der Waals surface area contributed by atoms with E-state index in [1.807, 2.05) is 32.0 Å². The SMILES string of the molecule is CCCC(=O)N[C@H](C)c1ccc2c(c1)NC(=O)CO2. The number of rotatable bonds is 4. The third kappa shape index (κ3) is 3.24. The van der Waals surface area contributed by atoms with Crippen LogP contribution in [0.1, 0.15) is 38.3 Å². The van der Waals surface area contributed by atoms with E-state index >= 15 is 0 Å². The molecule has 1 aliphatic heterocycles. The standard InChI is InChI=1S/C14H18N2O3/c1-3-4-13(17)15-9(2)10-5-6-12-11(7-10)16-14(18)8-19-12/h5-7,9H,3-4,8H2,1-2H3,(H,15,17)(H,16,18)/t9-/m1/s1. The highest BCUT2D eigenvalue weighted by molar-refractivity contribution is 5.95. The summed E-state index contributed by atoms with van der Waals surface area (Å²) in [7, 11) is 0. The minimum Gasteiger partial charge on any atom is -0.482 e. The van der Waals surface area contributed by atoms with Crippen LogP contribution in [0, 0.1) is 0 Å². The molecule has 0 aromatic heterocycles. The third-order valence-corrected chi connectivity index (χ3v) is 2.99. The van der Waals surface area contributed by atoms with Crippen LogP contribution in [-0.2, 0) is 9.59 Å². The summed E-state index contributed by atoms with van der Waals surface area (Å²) in [5.74, 6) is 0.538. The van der Waals surface area contributed by atoms with Gasteiger partial charge < -0.3 is 15.4 Å². The summed E-state index contributed by atoms with van der Waals surface area (Å²) in [6.45, 7) is 3.94. The quantitative estimate of drug-likeness (QED) is 0.872. The summed E-state index contributed by atoms with van der Waals surface area (Å²) >= 11 is 0. The first kappa shape index (κ1) is 13.4. The lowest BCUT2D eigenvalue weighted by molar-refractivity contribution is -0.122. The fourth-order valence-corrected chi connectivity index (χ4v) is 1.99. The van der Waals surface area contributed by atoms with Gasteiger partial charge in [-0.3, -0.25) is 9.59 Å². The molecule has 5 heteroatoms. The van der Waals surface area contributed by atoms with Crippen molar-refractivity contribution in [3.63, 3.8) is 0 Å². The van der Waals surface area contributed by atoms with Crippen LogP contribution in [0.4, 0.5) is 5.69 Å². The van der Waals surface area contributed by atoms with Crippen molar-refractivity contribution in [3.05, 3.63) is 23.8 Å². The molecule has 0 saturated heterocycles. The molecular weight excluding hydrogens is 244 g/mol. The van der Waals surface area contributed by atoms with Crippen LogP contribution < -0.4 is 15.4 Å². The highest BCUT2D eigenvalue weighted by Crippen LogP contribution is 2.30. The second-order valence-electron chi connectivity index (χ2n) is 4.63. The monoisotopic (exact) mass is 262 g/mol. The fraction of sp³-hybridized carbons (Fsp3) is 0.429. The van der Waals surface area contributed by atoms with Crippen molar-refractivity contribution < 1.29 is 14.3 Å². The van der Waals surface area contributed by atoms with Gasteiger partial charge in [0, 0.05) is 6.42 Å². The lowest BCUT2D eigenvalue weighted by Gasteiger charge is -2.21. The van der Waals surface area contributed by atoms with E-state index in [-0.39, 0.29) is 24.5 Å². The molecule has 1 atom stereocenters. The molecule has 19 heavy (non-hydrogen) atoms. The average Bonchev–Trinajstić information content (AvgIpc) is 2.38. The van der Waals surface area contributed by atoms with Gasteiger partial charge in [0.05, 0.1) is 11.7 Å². The Balaban J connectivity index is 2.10. The van der Waals surface area contributed by atoms with Crippen LogP contribution in [0.5, 0.6) is 5.75 Å². The van der Waals surface area contributed by atoms with E-state index in [2.05, 4.69) is 10.6 Å². The summed E-state index contributed by atoms with van der Waals surface area (Å²) in [6.07, 6.45) is 1.35. The number of carbonyl (C=O) groups is 2. The number of ether oxygens (including phenoxy) is 1. The predicted octanol–water partition coefficient (Wildman–Crippen LogP) is 1.99. The highest BCUT2D eigenvalue weighted by Gasteiger charge is 2.17. The van der Waals surface area contributed by atoms with Crippen molar-refractivity contribution in [3.8, 4) is 5.75 Å². The zero-order chi connectivity index (χ0) is 13.8. The van der Waals surface area contributed by atoms with Gasteiger partial charge in [0.15, 0.2) is 6.61 Å². The number of nitrogens with one attached hydrogen (secondary N) is 2. The van der Waals surface area contributed by atoms with E-state index in [0.717, 1.165) is 12.0 Å². The van der Waals surface area contributed by atoms with Crippen molar-refractivity contribution in [1.82, 2.24) is 5.32 Å². The molecule has 1 aliphatic rings. The molecule has 0 spiro atoms. The summed E-state index contributed by atoms with van der Waals surface area (Å²) < 4.78 is 5.29. The number of anilines is 1. The number of hydrogen-bond acceptors (Lipinski definition) is 3. The smallest absolute Gasteiger partial charge is 0.262 e. The topological polar surface area (TPSA) is 67.4 Å².